The van der Waals surface area contributed by atoms with Crippen LogP contribution in [0.1, 0.15) is 36.8 Å². The van der Waals surface area contributed by atoms with Gasteiger partial charge in [-0.1, -0.05) is 13.8 Å². The summed E-state index contributed by atoms with van der Waals surface area (Å²) < 4.78 is 32.9. The number of anilines is 1. The number of nitrogens with zero attached hydrogens (tertiary/aromatic N) is 2. The molecule has 0 unspecified atom stereocenters. The molecule has 1 aliphatic heterocycles. The van der Waals surface area contributed by atoms with E-state index < -0.39 is 35.2 Å². The largest absolute Gasteiger partial charge is 0.493 e. The number of allylic oxidation sites excluding steroid dienone is 2. The first kappa shape index (κ1) is 24.3. The molecule has 1 aliphatic carbocycles. The van der Waals surface area contributed by atoms with Crippen LogP contribution in [0.4, 0.5) is 14.5 Å². The molecule has 10 heteroatoms. The number of amides is 2. The van der Waals surface area contributed by atoms with Gasteiger partial charge in [0.1, 0.15) is 6.04 Å². The highest BCUT2D eigenvalue weighted by Crippen LogP contribution is 2.65. The molecule has 0 spiro atoms. The molecule has 4 N–H and O–H groups in total. The molecule has 2 aromatic rings. The van der Waals surface area contributed by atoms with E-state index in [-0.39, 0.29) is 22.8 Å². The summed E-state index contributed by atoms with van der Waals surface area (Å²) in [4.78, 5) is 32.5. The molecule has 2 aliphatic rings. The zero-order valence-corrected chi connectivity index (χ0v) is 19.9. The molecule has 0 bridgehead atoms. The molecular weight excluding hydrogens is 456 g/mol. The van der Waals surface area contributed by atoms with Gasteiger partial charge in [0.2, 0.25) is 11.7 Å². The summed E-state index contributed by atoms with van der Waals surface area (Å²) in [6, 6.07) is 4.42. The second-order valence-corrected chi connectivity index (χ2v) is 9.46. The summed E-state index contributed by atoms with van der Waals surface area (Å²) in [5, 5.41) is 10.4. The van der Waals surface area contributed by atoms with E-state index in [2.05, 4.69) is 10.3 Å². The highest BCUT2D eigenvalue weighted by molar-refractivity contribution is 6.09. The number of benzene rings is 1. The molecule has 184 valence electrons. The van der Waals surface area contributed by atoms with Gasteiger partial charge in [-0.15, -0.1) is 0 Å². The number of pyridine rings is 1. The van der Waals surface area contributed by atoms with E-state index in [1.807, 2.05) is 13.8 Å². The van der Waals surface area contributed by atoms with Crippen molar-refractivity contribution >= 4 is 29.3 Å². The number of fused-ring (bicyclic) bond motifs is 1. The smallest absolute Gasteiger partial charge is 0.258 e. The van der Waals surface area contributed by atoms with E-state index in [0.29, 0.717) is 29.2 Å². The number of hydrogen-bond acceptors (Lipinski definition) is 6. The molecule has 2 fully saturated rings. The van der Waals surface area contributed by atoms with Crippen molar-refractivity contribution in [1.29, 1.82) is 5.41 Å². The van der Waals surface area contributed by atoms with E-state index in [1.165, 1.54) is 17.2 Å². The van der Waals surface area contributed by atoms with E-state index >= 15 is 0 Å². The Morgan fingerprint density at radius 2 is 2.03 bits per heavy atom. The fourth-order valence-corrected chi connectivity index (χ4v) is 5.11. The van der Waals surface area contributed by atoms with Crippen molar-refractivity contribution in [3.05, 3.63) is 59.1 Å². The Labute approximate surface area is 201 Å². The van der Waals surface area contributed by atoms with Gasteiger partial charge in [0.05, 0.1) is 18.4 Å². The molecule has 35 heavy (non-hydrogen) atoms. The molecule has 3 atom stereocenters. The van der Waals surface area contributed by atoms with E-state index in [0.717, 1.165) is 19.4 Å². The number of piperidine rings is 1. The third kappa shape index (κ3) is 4.02. The molecule has 4 rings (SSSR count). The van der Waals surface area contributed by atoms with Crippen molar-refractivity contribution in [2.24, 2.45) is 23.0 Å². The summed E-state index contributed by atoms with van der Waals surface area (Å²) in [6.07, 6.45) is 2.58. The normalized spacial score (nSPS) is 22.7. The third-order valence-corrected chi connectivity index (χ3v) is 7.10. The van der Waals surface area contributed by atoms with Gasteiger partial charge in [-0.2, -0.15) is 4.39 Å². The van der Waals surface area contributed by atoms with Crippen LogP contribution in [0.5, 0.6) is 5.75 Å². The fourth-order valence-electron chi connectivity index (χ4n) is 5.11. The number of nitrogens with one attached hydrogen (secondary N) is 2. The molecule has 0 radical (unpaired) electrons. The number of ether oxygens (including phenoxy) is 1. The standard InChI is InChI=1S/C25H27F2N5O3/c1-12(29)15(10-28)18-9-13(7-8-30-18)31-23(33)21-19-16(25(19,2)3)11-32(21)24(34)14-5-6-17(26)20(27)22(14)35-4/h5-10,16,19,21,28H,11,29H2,1-4H3,(H,30,31,33)/b15-12+,28-10?/t16-,19-,21-/m0/s1. The van der Waals surface area contributed by atoms with Gasteiger partial charge in [0, 0.05) is 35.9 Å². The van der Waals surface area contributed by atoms with E-state index in [9.17, 15) is 18.4 Å². The first-order chi connectivity index (χ1) is 16.5. The molecule has 1 saturated carbocycles. The van der Waals surface area contributed by atoms with Gasteiger partial charge >= 0.3 is 0 Å². The number of halogens is 2. The van der Waals surface area contributed by atoms with Crippen LogP contribution < -0.4 is 15.8 Å². The molecule has 1 saturated heterocycles. The number of aromatic nitrogens is 1. The van der Waals surface area contributed by atoms with Gasteiger partial charge in [-0.25, -0.2) is 4.39 Å². The maximum atomic E-state index is 14.3. The van der Waals surface area contributed by atoms with E-state index in [4.69, 9.17) is 15.9 Å². The highest BCUT2D eigenvalue weighted by atomic mass is 19.2. The molecule has 2 amide bonds. The van der Waals surface area contributed by atoms with Crippen LogP contribution >= 0.6 is 0 Å². The van der Waals surface area contributed by atoms with Gasteiger partial charge in [-0.3, -0.25) is 14.6 Å². The number of methoxy groups -OCH3 is 1. The quantitative estimate of drug-likeness (QED) is 0.544. The second kappa shape index (κ2) is 8.75. The van der Waals surface area contributed by atoms with Crippen LogP contribution in [0.25, 0.3) is 5.57 Å². The van der Waals surface area contributed by atoms with Crippen molar-refractivity contribution in [2.45, 2.75) is 26.8 Å². The minimum absolute atomic E-state index is 0.0904. The van der Waals surface area contributed by atoms with Crippen LogP contribution in [0.15, 0.2) is 36.2 Å². The summed E-state index contributed by atoms with van der Waals surface area (Å²) in [7, 11) is 1.16. The van der Waals surface area contributed by atoms with Crippen molar-refractivity contribution in [1.82, 2.24) is 9.88 Å². The SMILES string of the molecule is COc1c(C(=O)N2C[C@H]3[C@@H]([C@H]2C(=O)Nc2ccnc(/C(C=N)=C(\C)N)c2)C3(C)C)ccc(F)c1F. The maximum Gasteiger partial charge on any atom is 0.258 e. The van der Waals surface area contributed by atoms with Crippen molar-refractivity contribution in [2.75, 3.05) is 19.0 Å². The van der Waals surface area contributed by atoms with Crippen LogP contribution in [0.3, 0.4) is 0 Å². The number of carbonyl (C=O) groups excluding carboxylic acids is 2. The number of carbonyl (C=O) groups is 2. The molecular formula is C25H27F2N5O3. The lowest BCUT2D eigenvalue weighted by molar-refractivity contribution is -0.120. The predicted octanol–water partition coefficient (Wildman–Crippen LogP) is 3.44. The Morgan fingerprint density at radius 3 is 2.66 bits per heavy atom. The monoisotopic (exact) mass is 483 g/mol. The van der Waals surface area contributed by atoms with Gasteiger partial charge in [-0.05, 0) is 48.4 Å². The minimum Gasteiger partial charge on any atom is -0.493 e. The molecule has 2 heterocycles. The Morgan fingerprint density at radius 1 is 1.31 bits per heavy atom. The summed E-state index contributed by atoms with van der Waals surface area (Å²) in [5.41, 5.74) is 7.23. The lowest BCUT2D eigenvalue weighted by atomic mass is 9.99. The van der Waals surface area contributed by atoms with Crippen LogP contribution in [-0.4, -0.2) is 47.6 Å². The average Bonchev–Trinajstić information content (AvgIpc) is 3.14. The van der Waals surface area contributed by atoms with E-state index in [1.54, 1.807) is 19.1 Å². The van der Waals surface area contributed by atoms with Gasteiger partial charge in [0.15, 0.2) is 11.6 Å². The summed E-state index contributed by atoms with van der Waals surface area (Å²) in [6.45, 7) is 6.04. The Balaban J connectivity index is 1.64. The highest BCUT2D eigenvalue weighted by Gasteiger charge is 2.69. The van der Waals surface area contributed by atoms with Crippen molar-refractivity contribution in [3.63, 3.8) is 0 Å². The van der Waals surface area contributed by atoms with Crippen molar-refractivity contribution < 1.29 is 23.1 Å². The van der Waals surface area contributed by atoms with Crippen LogP contribution in [-0.2, 0) is 4.79 Å². The van der Waals surface area contributed by atoms with Gasteiger partial charge < -0.3 is 26.1 Å². The lowest BCUT2D eigenvalue weighted by Crippen LogP contribution is -2.47. The average molecular weight is 484 g/mol. The lowest BCUT2D eigenvalue weighted by Gasteiger charge is -2.30. The van der Waals surface area contributed by atoms with Crippen LogP contribution in [0, 0.1) is 34.3 Å². The number of rotatable bonds is 6. The fraction of sp³-hybridized carbons (Fsp3) is 0.360. The number of hydrogen-bond donors (Lipinski definition) is 3. The topological polar surface area (TPSA) is 121 Å². The minimum atomic E-state index is -1.25. The Bertz CT molecular complexity index is 1260. The third-order valence-electron chi connectivity index (χ3n) is 7.10. The first-order valence-electron chi connectivity index (χ1n) is 11.1. The van der Waals surface area contributed by atoms with Crippen LogP contribution in [0.2, 0.25) is 0 Å². The number of likely N-dealkylation sites (tertiary alicyclic amines) is 1. The molecule has 1 aromatic carbocycles. The predicted molar refractivity (Wildman–Crippen MR) is 127 cm³/mol. The molecule has 1 aromatic heterocycles. The second-order valence-electron chi connectivity index (χ2n) is 9.46. The van der Waals surface area contributed by atoms with Crippen molar-refractivity contribution in [3.8, 4) is 5.75 Å². The Hall–Kier alpha value is -3.82. The summed E-state index contributed by atoms with van der Waals surface area (Å²) in [5.74, 6) is -3.87. The maximum absolute atomic E-state index is 14.3. The first-order valence-corrected chi connectivity index (χ1v) is 11.1. The Kier molecular flexibility index (Phi) is 6.08. The van der Waals surface area contributed by atoms with Gasteiger partial charge in [0.25, 0.3) is 5.91 Å². The zero-order chi connectivity index (χ0) is 25.7. The molecule has 8 nitrogen and oxygen atoms in total. The number of nitrogens with two attached hydrogens (primary N) is 1. The summed E-state index contributed by atoms with van der Waals surface area (Å²) >= 11 is 0. The zero-order valence-electron chi connectivity index (χ0n) is 19.9.